The molecule has 0 spiro atoms. The number of halogens is 4. The summed E-state index contributed by atoms with van der Waals surface area (Å²) in [5, 5.41) is 9.50. The topological polar surface area (TPSA) is 72.7 Å². The Morgan fingerprint density at radius 1 is 1.16 bits per heavy atom. The zero-order valence-corrected chi connectivity index (χ0v) is 20.4. The number of nitrogens with zero attached hydrogens (tertiary/aromatic N) is 3. The Kier molecular flexibility index (Phi) is 11.1. The Balaban J connectivity index is 0.00000480. The zero-order valence-electron chi connectivity index (χ0n) is 18.0. The van der Waals surface area contributed by atoms with Crippen LogP contribution in [0.25, 0.3) is 0 Å². The number of aliphatic imine (C=N–C) groups is 1. The minimum atomic E-state index is -4.51. The van der Waals surface area contributed by atoms with Crippen LogP contribution in [0.2, 0.25) is 0 Å². The molecule has 0 aliphatic rings. The molecule has 0 amide bonds. The normalized spacial score (nSPS) is 11.8. The van der Waals surface area contributed by atoms with Gasteiger partial charge in [0, 0.05) is 51.1 Å². The lowest BCUT2D eigenvalue weighted by molar-refractivity contribution is -0.142. The summed E-state index contributed by atoms with van der Waals surface area (Å²) < 4.78 is 51.5. The molecule has 0 aliphatic heterocycles. The monoisotopic (exact) mass is 555 g/mol. The molecule has 0 bridgehead atoms. The summed E-state index contributed by atoms with van der Waals surface area (Å²) in [6.45, 7) is 5.77. The van der Waals surface area contributed by atoms with Crippen LogP contribution >= 0.6 is 24.0 Å². The number of benzene rings is 1. The Hall–Kier alpha value is -2.02. The lowest BCUT2D eigenvalue weighted by atomic mass is 10.1. The number of aryl methyl sites for hydroxylation is 2. The number of nitrogens with one attached hydrogen (secondary N) is 2. The molecule has 1 aromatic carbocycles. The van der Waals surface area contributed by atoms with E-state index in [0.717, 1.165) is 21.6 Å². The van der Waals surface area contributed by atoms with Crippen molar-refractivity contribution in [3.63, 3.8) is 0 Å². The van der Waals surface area contributed by atoms with Crippen LogP contribution in [0.4, 0.5) is 13.2 Å². The number of aromatic nitrogens is 2. The first-order valence-corrected chi connectivity index (χ1v) is 9.58. The molecular weight excluding hydrogens is 526 g/mol. The highest BCUT2D eigenvalue weighted by molar-refractivity contribution is 14.0. The molecular formula is C20H29F3IN5O2. The van der Waals surface area contributed by atoms with E-state index in [1.807, 2.05) is 32.0 Å². The van der Waals surface area contributed by atoms with Gasteiger partial charge in [-0.2, -0.15) is 18.3 Å². The van der Waals surface area contributed by atoms with Gasteiger partial charge in [0.1, 0.15) is 12.4 Å². The van der Waals surface area contributed by atoms with E-state index in [-0.39, 0.29) is 36.1 Å². The van der Waals surface area contributed by atoms with Crippen LogP contribution in [-0.2, 0) is 31.1 Å². The van der Waals surface area contributed by atoms with E-state index in [2.05, 4.69) is 20.7 Å². The smallest absolute Gasteiger partial charge is 0.435 e. The summed E-state index contributed by atoms with van der Waals surface area (Å²) in [5.41, 5.74) is 1.10. The van der Waals surface area contributed by atoms with Crippen molar-refractivity contribution in [1.29, 1.82) is 0 Å². The summed E-state index contributed by atoms with van der Waals surface area (Å²) in [4.78, 5) is 4.08. The first-order chi connectivity index (χ1) is 14.2. The fraction of sp³-hybridized carbons (Fsp3) is 0.500. The molecule has 0 aliphatic carbocycles. The summed E-state index contributed by atoms with van der Waals surface area (Å²) in [6.07, 6.45) is -3.17. The second kappa shape index (κ2) is 12.7. The average molecular weight is 555 g/mol. The SMILES string of the molecule is CCOCCOc1cc(C)ccc1CNC(=NC)NCc1cn(C)nc1C(F)(F)F.I. The van der Waals surface area contributed by atoms with Crippen molar-refractivity contribution in [3.8, 4) is 5.75 Å². The molecule has 0 radical (unpaired) electrons. The first-order valence-electron chi connectivity index (χ1n) is 9.58. The van der Waals surface area contributed by atoms with Crippen molar-refractivity contribution < 1.29 is 22.6 Å². The Labute approximate surface area is 197 Å². The van der Waals surface area contributed by atoms with Crippen molar-refractivity contribution in [2.24, 2.45) is 12.0 Å². The highest BCUT2D eigenvalue weighted by Crippen LogP contribution is 2.30. The maximum Gasteiger partial charge on any atom is 0.435 e. The number of hydrogen-bond acceptors (Lipinski definition) is 4. The van der Waals surface area contributed by atoms with E-state index in [4.69, 9.17) is 9.47 Å². The highest BCUT2D eigenvalue weighted by atomic mass is 127. The van der Waals surface area contributed by atoms with Gasteiger partial charge in [-0.1, -0.05) is 12.1 Å². The van der Waals surface area contributed by atoms with Crippen LogP contribution in [-0.4, -0.2) is 42.6 Å². The van der Waals surface area contributed by atoms with Crippen LogP contribution in [0.3, 0.4) is 0 Å². The number of guanidine groups is 1. The number of hydrogen-bond donors (Lipinski definition) is 2. The molecule has 0 saturated carbocycles. The van der Waals surface area contributed by atoms with E-state index in [0.29, 0.717) is 32.3 Å². The Morgan fingerprint density at radius 2 is 1.84 bits per heavy atom. The van der Waals surface area contributed by atoms with Crippen LogP contribution < -0.4 is 15.4 Å². The van der Waals surface area contributed by atoms with Gasteiger partial charge in [-0.25, -0.2) is 0 Å². The second-order valence-corrected chi connectivity index (χ2v) is 6.61. The summed E-state index contributed by atoms with van der Waals surface area (Å²) >= 11 is 0. The molecule has 0 saturated heterocycles. The molecule has 11 heteroatoms. The van der Waals surface area contributed by atoms with Gasteiger partial charge < -0.3 is 20.1 Å². The fourth-order valence-electron chi connectivity index (χ4n) is 2.78. The third-order valence-electron chi connectivity index (χ3n) is 4.20. The van der Waals surface area contributed by atoms with Gasteiger partial charge in [0.15, 0.2) is 11.7 Å². The lowest BCUT2D eigenvalue weighted by Gasteiger charge is -2.16. The number of rotatable bonds is 9. The van der Waals surface area contributed by atoms with Crippen LogP contribution in [0.5, 0.6) is 5.75 Å². The van der Waals surface area contributed by atoms with Gasteiger partial charge >= 0.3 is 6.18 Å². The first kappa shape index (κ1) is 27.0. The van der Waals surface area contributed by atoms with E-state index in [1.54, 1.807) is 7.05 Å². The van der Waals surface area contributed by atoms with Crippen molar-refractivity contribution in [1.82, 2.24) is 20.4 Å². The third kappa shape index (κ3) is 8.56. The maximum atomic E-state index is 13.1. The lowest BCUT2D eigenvalue weighted by Crippen LogP contribution is -2.36. The largest absolute Gasteiger partial charge is 0.491 e. The molecule has 7 nitrogen and oxygen atoms in total. The molecule has 1 heterocycles. The van der Waals surface area contributed by atoms with Crippen LogP contribution in [0.1, 0.15) is 29.3 Å². The Morgan fingerprint density at radius 3 is 2.45 bits per heavy atom. The fourth-order valence-corrected chi connectivity index (χ4v) is 2.78. The standard InChI is InChI=1S/C20H28F3N5O2.HI/c1-5-29-8-9-30-17-10-14(2)6-7-15(17)11-25-19(24-3)26-12-16-13-28(4)27-18(16)20(21,22)23;/h6-7,10,13H,5,8-9,11-12H2,1-4H3,(H2,24,25,26);1H. The van der Waals surface area contributed by atoms with Gasteiger partial charge in [-0.05, 0) is 25.5 Å². The molecule has 0 unspecified atom stereocenters. The molecule has 2 rings (SSSR count). The van der Waals surface area contributed by atoms with Gasteiger partial charge in [0.2, 0.25) is 0 Å². The van der Waals surface area contributed by atoms with E-state index in [1.165, 1.54) is 13.2 Å². The zero-order chi connectivity index (χ0) is 22.1. The second-order valence-electron chi connectivity index (χ2n) is 6.61. The quantitative estimate of drug-likeness (QED) is 0.214. The predicted octanol–water partition coefficient (Wildman–Crippen LogP) is 3.65. The van der Waals surface area contributed by atoms with E-state index in [9.17, 15) is 13.2 Å². The van der Waals surface area contributed by atoms with Crippen molar-refractivity contribution >= 4 is 29.9 Å². The van der Waals surface area contributed by atoms with Gasteiger partial charge in [0.05, 0.1) is 6.61 Å². The Bertz CT molecular complexity index is 856. The van der Waals surface area contributed by atoms with Crippen LogP contribution in [0.15, 0.2) is 29.4 Å². The van der Waals surface area contributed by atoms with Crippen molar-refractivity contribution in [2.75, 3.05) is 26.9 Å². The van der Waals surface area contributed by atoms with Gasteiger partial charge in [-0.15, -0.1) is 24.0 Å². The molecule has 2 N–H and O–H groups in total. The van der Waals surface area contributed by atoms with Gasteiger partial charge in [-0.3, -0.25) is 9.67 Å². The molecule has 31 heavy (non-hydrogen) atoms. The van der Waals surface area contributed by atoms with E-state index < -0.39 is 11.9 Å². The molecule has 174 valence electrons. The molecule has 2 aromatic rings. The van der Waals surface area contributed by atoms with Crippen molar-refractivity contribution in [2.45, 2.75) is 33.1 Å². The minimum Gasteiger partial charge on any atom is -0.491 e. The summed E-state index contributed by atoms with van der Waals surface area (Å²) in [6, 6.07) is 5.84. The highest BCUT2D eigenvalue weighted by Gasteiger charge is 2.36. The average Bonchev–Trinajstić information content (AvgIpc) is 3.07. The van der Waals surface area contributed by atoms with Crippen LogP contribution in [0, 0.1) is 6.92 Å². The number of ether oxygens (including phenoxy) is 2. The number of alkyl halides is 3. The summed E-state index contributed by atoms with van der Waals surface area (Å²) in [5.74, 6) is 1.09. The predicted molar refractivity (Wildman–Crippen MR) is 124 cm³/mol. The summed E-state index contributed by atoms with van der Waals surface area (Å²) in [7, 11) is 3.01. The molecule has 0 atom stereocenters. The maximum absolute atomic E-state index is 13.1. The van der Waals surface area contributed by atoms with Gasteiger partial charge in [0.25, 0.3) is 0 Å². The van der Waals surface area contributed by atoms with Crippen molar-refractivity contribution in [3.05, 3.63) is 46.8 Å². The third-order valence-corrected chi connectivity index (χ3v) is 4.20. The molecule has 0 fully saturated rings. The molecule has 1 aromatic heterocycles. The van der Waals surface area contributed by atoms with E-state index >= 15 is 0 Å². The minimum absolute atomic E-state index is 0.